The van der Waals surface area contributed by atoms with Crippen LogP contribution < -0.4 is 10.6 Å². The van der Waals surface area contributed by atoms with Crippen molar-refractivity contribution in [2.75, 3.05) is 12.4 Å². The fourth-order valence-corrected chi connectivity index (χ4v) is 2.23. The Balaban J connectivity index is 2.08. The largest absolute Gasteiger partial charge is 0.312 e. The number of rotatable bonds is 4. The van der Waals surface area contributed by atoms with Crippen molar-refractivity contribution >= 4 is 22.4 Å². The van der Waals surface area contributed by atoms with Crippen molar-refractivity contribution in [3.8, 4) is 0 Å². The molecule has 0 aromatic carbocycles. The highest BCUT2D eigenvalue weighted by Crippen LogP contribution is 2.21. The van der Waals surface area contributed by atoms with E-state index in [-0.39, 0.29) is 11.9 Å². The molecule has 0 saturated heterocycles. The monoisotopic (exact) mass is 265 g/mol. The molecular formula is C11H15N5OS. The van der Waals surface area contributed by atoms with Crippen LogP contribution in [0.1, 0.15) is 34.7 Å². The third-order valence-corrected chi connectivity index (χ3v) is 3.47. The number of amides is 1. The van der Waals surface area contributed by atoms with Gasteiger partial charge in [-0.05, 0) is 20.9 Å². The van der Waals surface area contributed by atoms with Crippen LogP contribution in [0, 0.1) is 6.92 Å². The minimum atomic E-state index is -0.195. The van der Waals surface area contributed by atoms with Crippen LogP contribution in [0.25, 0.3) is 0 Å². The average molecular weight is 265 g/mol. The van der Waals surface area contributed by atoms with Crippen LogP contribution in [0.5, 0.6) is 0 Å². The third kappa shape index (κ3) is 2.57. The minimum Gasteiger partial charge on any atom is -0.312 e. The number of hydrogen-bond acceptors (Lipinski definition) is 5. The quantitative estimate of drug-likeness (QED) is 0.786. The first kappa shape index (κ1) is 12.7. The number of H-pyrrole nitrogens is 1. The average Bonchev–Trinajstić information content (AvgIpc) is 2.97. The zero-order chi connectivity index (χ0) is 13.1. The van der Waals surface area contributed by atoms with Crippen molar-refractivity contribution < 1.29 is 4.79 Å². The van der Waals surface area contributed by atoms with Gasteiger partial charge in [-0.25, -0.2) is 4.98 Å². The first-order valence-electron chi connectivity index (χ1n) is 5.56. The Kier molecular flexibility index (Phi) is 3.73. The van der Waals surface area contributed by atoms with E-state index in [9.17, 15) is 4.79 Å². The van der Waals surface area contributed by atoms with E-state index >= 15 is 0 Å². The summed E-state index contributed by atoms with van der Waals surface area (Å²) in [6.07, 6.45) is 1.51. The van der Waals surface area contributed by atoms with Crippen LogP contribution in [-0.2, 0) is 0 Å². The normalized spacial score (nSPS) is 12.4. The Labute approximate surface area is 109 Å². The topological polar surface area (TPSA) is 82.7 Å². The highest BCUT2D eigenvalue weighted by Gasteiger charge is 2.14. The highest BCUT2D eigenvalue weighted by atomic mass is 32.1. The lowest BCUT2D eigenvalue weighted by Gasteiger charge is -2.05. The Hall–Kier alpha value is -1.73. The first-order chi connectivity index (χ1) is 8.61. The van der Waals surface area contributed by atoms with Crippen LogP contribution in [0.2, 0.25) is 0 Å². The van der Waals surface area contributed by atoms with Crippen LogP contribution >= 0.6 is 11.3 Å². The molecule has 2 aromatic heterocycles. The molecule has 0 aliphatic carbocycles. The van der Waals surface area contributed by atoms with Gasteiger partial charge in [0.05, 0.1) is 17.5 Å². The van der Waals surface area contributed by atoms with E-state index < -0.39 is 0 Å². The second-order valence-electron chi connectivity index (χ2n) is 3.95. The summed E-state index contributed by atoms with van der Waals surface area (Å²) in [5, 5.41) is 14.9. The van der Waals surface area contributed by atoms with E-state index in [0.29, 0.717) is 10.7 Å². The summed E-state index contributed by atoms with van der Waals surface area (Å²) in [6.45, 7) is 3.82. The van der Waals surface area contributed by atoms with E-state index in [4.69, 9.17) is 0 Å². The number of hydrogen-bond donors (Lipinski definition) is 3. The summed E-state index contributed by atoms with van der Waals surface area (Å²) in [5.41, 5.74) is 2.20. The zero-order valence-electron chi connectivity index (χ0n) is 10.4. The van der Waals surface area contributed by atoms with Gasteiger partial charge in [0.15, 0.2) is 5.13 Å². The Morgan fingerprint density at radius 3 is 2.94 bits per heavy atom. The van der Waals surface area contributed by atoms with E-state index in [1.54, 1.807) is 6.92 Å². The molecule has 1 amide bonds. The molecule has 0 fully saturated rings. The van der Waals surface area contributed by atoms with Crippen molar-refractivity contribution in [2.45, 2.75) is 19.9 Å². The molecule has 2 heterocycles. The second-order valence-corrected chi connectivity index (χ2v) is 4.81. The molecule has 2 rings (SSSR count). The summed E-state index contributed by atoms with van der Waals surface area (Å²) in [6, 6.07) is 0.169. The van der Waals surface area contributed by atoms with Crippen molar-refractivity contribution in [1.82, 2.24) is 20.5 Å². The number of carbonyl (C=O) groups excluding carboxylic acids is 1. The predicted octanol–water partition coefficient (Wildman–Crippen LogP) is 1.71. The molecule has 0 saturated carbocycles. The number of aryl methyl sites for hydroxylation is 1. The number of aromatic nitrogens is 3. The van der Waals surface area contributed by atoms with Gasteiger partial charge in [-0.3, -0.25) is 15.2 Å². The summed E-state index contributed by atoms with van der Waals surface area (Å²) < 4.78 is 0. The van der Waals surface area contributed by atoms with E-state index in [1.165, 1.54) is 17.5 Å². The Morgan fingerprint density at radius 2 is 2.33 bits per heavy atom. The molecule has 0 aliphatic heterocycles. The first-order valence-corrected chi connectivity index (χ1v) is 6.43. The van der Waals surface area contributed by atoms with Gasteiger partial charge in [0.2, 0.25) is 0 Å². The molecule has 0 spiro atoms. The smallest absolute Gasteiger partial charge is 0.260 e. The van der Waals surface area contributed by atoms with Gasteiger partial charge in [0.25, 0.3) is 5.91 Å². The molecular weight excluding hydrogens is 250 g/mol. The van der Waals surface area contributed by atoms with Crippen LogP contribution in [0.4, 0.5) is 5.13 Å². The Bertz CT molecular complexity index is 547. The third-order valence-electron chi connectivity index (χ3n) is 2.69. The minimum absolute atomic E-state index is 0.169. The molecule has 18 heavy (non-hydrogen) atoms. The summed E-state index contributed by atoms with van der Waals surface area (Å²) in [4.78, 5) is 16.3. The van der Waals surface area contributed by atoms with Gasteiger partial charge in [-0.15, -0.1) is 11.3 Å². The summed E-state index contributed by atoms with van der Waals surface area (Å²) in [5.74, 6) is -0.195. The lowest BCUT2D eigenvalue weighted by atomic mass is 10.2. The zero-order valence-corrected chi connectivity index (χ0v) is 11.3. The highest BCUT2D eigenvalue weighted by molar-refractivity contribution is 7.14. The van der Waals surface area contributed by atoms with Crippen LogP contribution in [0.15, 0.2) is 11.6 Å². The second kappa shape index (κ2) is 5.28. The maximum atomic E-state index is 11.9. The number of nitrogens with one attached hydrogen (secondary N) is 3. The maximum absolute atomic E-state index is 11.9. The predicted molar refractivity (Wildman–Crippen MR) is 70.9 cm³/mol. The van der Waals surface area contributed by atoms with Crippen molar-refractivity contribution in [3.05, 3.63) is 28.5 Å². The van der Waals surface area contributed by atoms with Gasteiger partial charge < -0.3 is 5.32 Å². The van der Waals surface area contributed by atoms with Crippen molar-refractivity contribution in [1.29, 1.82) is 0 Å². The number of thiazole rings is 1. The molecule has 3 N–H and O–H groups in total. The molecule has 96 valence electrons. The lowest BCUT2D eigenvalue weighted by molar-refractivity contribution is 0.102. The molecule has 0 bridgehead atoms. The molecule has 0 radical (unpaired) electrons. The maximum Gasteiger partial charge on any atom is 0.260 e. The van der Waals surface area contributed by atoms with Gasteiger partial charge >= 0.3 is 0 Å². The van der Waals surface area contributed by atoms with Gasteiger partial charge in [0, 0.05) is 17.1 Å². The number of carbonyl (C=O) groups is 1. The fourth-order valence-electron chi connectivity index (χ4n) is 1.43. The van der Waals surface area contributed by atoms with Gasteiger partial charge in [-0.1, -0.05) is 0 Å². The van der Waals surface area contributed by atoms with E-state index in [0.717, 1.165) is 11.4 Å². The van der Waals surface area contributed by atoms with Crippen LogP contribution in [0.3, 0.4) is 0 Å². The number of aromatic amines is 1. The molecule has 6 nitrogen and oxygen atoms in total. The summed E-state index contributed by atoms with van der Waals surface area (Å²) in [7, 11) is 1.87. The van der Waals surface area contributed by atoms with Crippen molar-refractivity contribution in [2.24, 2.45) is 0 Å². The summed E-state index contributed by atoms with van der Waals surface area (Å²) >= 11 is 1.41. The van der Waals surface area contributed by atoms with Gasteiger partial charge in [-0.2, -0.15) is 5.10 Å². The van der Waals surface area contributed by atoms with Crippen molar-refractivity contribution in [3.63, 3.8) is 0 Å². The molecule has 1 atom stereocenters. The fraction of sp³-hybridized carbons (Fsp3) is 0.364. The van der Waals surface area contributed by atoms with E-state index in [1.807, 2.05) is 19.4 Å². The van der Waals surface area contributed by atoms with Gasteiger partial charge in [0.1, 0.15) is 0 Å². The molecule has 0 aliphatic rings. The Morgan fingerprint density at radius 1 is 1.56 bits per heavy atom. The molecule has 2 aromatic rings. The number of nitrogens with zero attached hydrogens (tertiary/aromatic N) is 2. The molecule has 1 unspecified atom stereocenters. The number of anilines is 1. The SMILES string of the molecule is CNC(C)c1csc(NC(=O)c2cn[nH]c2C)n1. The standard InChI is InChI=1S/C11H15N5OS/c1-6-8(4-13-16-6)10(17)15-11-14-9(5-18-11)7(2)12-3/h4-5,7,12H,1-3H3,(H,13,16)(H,14,15,17). The van der Waals surface area contributed by atoms with Crippen LogP contribution in [-0.4, -0.2) is 28.1 Å². The molecule has 7 heteroatoms. The van der Waals surface area contributed by atoms with E-state index in [2.05, 4.69) is 25.8 Å². The lowest BCUT2D eigenvalue weighted by Crippen LogP contribution is -2.14.